The summed E-state index contributed by atoms with van der Waals surface area (Å²) in [6.07, 6.45) is 5.63. The highest BCUT2D eigenvalue weighted by molar-refractivity contribution is 5.93. The van der Waals surface area contributed by atoms with Crippen molar-refractivity contribution in [2.75, 3.05) is 0 Å². The lowest BCUT2D eigenvalue weighted by molar-refractivity contribution is -0.130. The number of carbonyl (C=O) groups is 2. The number of hydrogen-bond acceptors (Lipinski definition) is 7. The Kier molecular flexibility index (Phi) is 8.47. The molecule has 0 aliphatic carbocycles. The Balaban J connectivity index is 1.85. The molecule has 0 aliphatic rings. The quantitative estimate of drug-likeness (QED) is 0.236. The Morgan fingerprint density at radius 2 is 1.94 bits per heavy atom. The lowest BCUT2D eigenvalue weighted by Gasteiger charge is -2.30. The molecule has 0 aliphatic heterocycles. The van der Waals surface area contributed by atoms with Crippen LogP contribution in [-0.2, 0) is 17.8 Å². The molecule has 0 spiro atoms. The Labute approximate surface area is 198 Å². The van der Waals surface area contributed by atoms with Crippen LogP contribution in [0.1, 0.15) is 74.8 Å². The molecule has 0 saturated heterocycles. The molecule has 1 aromatic carbocycles. The molecule has 3 rings (SSSR count). The number of aryl methyl sites for hydroxylation is 1. The molecular weight excluding hydrogens is 436 g/mol. The second kappa shape index (κ2) is 11.5. The van der Waals surface area contributed by atoms with Crippen molar-refractivity contribution in [1.29, 1.82) is 0 Å². The lowest BCUT2D eigenvalue weighted by Crippen LogP contribution is -2.49. The van der Waals surface area contributed by atoms with E-state index in [2.05, 4.69) is 37.8 Å². The third-order valence-corrected chi connectivity index (χ3v) is 5.72. The van der Waals surface area contributed by atoms with Gasteiger partial charge in [0.15, 0.2) is 0 Å². The first kappa shape index (κ1) is 25.0. The van der Waals surface area contributed by atoms with Crippen LogP contribution in [0.4, 0.5) is 0 Å². The van der Waals surface area contributed by atoms with E-state index in [9.17, 15) is 9.59 Å². The summed E-state index contributed by atoms with van der Waals surface area (Å²) in [6, 6.07) is 7.75. The van der Waals surface area contributed by atoms with Crippen LogP contribution in [0.3, 0.4) is 0 Å². The number of tetrazole rings is 1. The molecule has 1 atom stereocenters. The van der Waals surface area contributed by atoms with Crippen molar-refractivity contribution in [1.82, 2.24) is 41.0 Å². The van der Waals surface area contributed by atoms with Gasteiger partial charge in [0.05, 0.1) is 12.6 Å². The maximum Gasteiger partial charge on any atom is 0.270 e. The molecule has 4 N–H and O–H groups in total. The van der Waals surface area contributed by atoms with Crippen LogP contribution in [0, 0.1) is 0 Å². The highest BCUT2D eigenvalue weighted by Gasteiger charge is 2.30. The normalized spacial score (nSPS) is 12.8. The van der Waals surface area contributed by atoms with Gasteiger partial charge in [0.1, 0.15) is 11.5 Å². The number of nitrogens with zero attached hydrogens (tertiary/aromatic N) is 5. The van der Waals surface area contributed by atoms with Crippen molar-refractivity contribution in [3.63, 3.8) is 0 Å². The molecule has 2 aromatic heterocycles. The van der Waals surface area contributed by atoms with E-state index in [4.69, 9.17) is 5.21 Å². The summed E-state index contributed by atoms with van der Waals surface area (Å²) in [4.78, 5) is 29.7. The van der Waals surface area contributed by atoms with Gasteiger partial charge in [-0.2, -0.15) is 5.21 Å². The number of rotatable bonds is 12. The van der Waals surface area contributed by atoms with Crippen molar-refractivity contribution >= 4 is 11.8 Å². The average Bonchev–Trinajstić information content (AvgIpc) is 3.48. The zero-order valence-corrected chi connectivity index (χ0v) is 19.8. The van der Waals surface area contributed by atoms with Crippen molar-refractivity contribution in [2.45, 2.75) is 71.4 Å². The number of H-pyrrole nitrogens is 1. The van der Waals surface area contributed by atoms with Gasteiger partial charge in [-0.1, -0.05) is 51.0 Å². The first-order valence-corrected chi connectivity index (χ1v) is 11.5. The summed E-state index contributed by atoms with van der Waals surface area (Å²) < 4.78 is 1.92. The van der Waals surface area contributed by atoms with Gasteiger partial charge in [-0.3, -0.25) is 14.8 Å². The fourth-order valence-electron chi connectivity index (χ4n) is 4.01. The molecule has 34 heavy (non-hydrogen) atoms. The van der Waals surface area contributed by atoms with Crippen molar-refractivity contribution in [2.24, 2.45) is 0 Å². The smallest absolute Gasteiger partial charge is 0.270 e. The molecular formula is C23H32N8O3. The first-order chi connectivity index (χ1) is 16.4. The minimum Gasteiger partial charge on any atom is -0.345 e. The summed E-state index contributed by atoms with van der Waals surface area (Å²) in [5.74, 6) is 0.495. The summed E-state index contributed by atoms with van der Waals surface area (Å²) in [5, 5.41) is 26.0. The lowest BCUT2D eigenvalue weighted by atomic mass is 9.91. The number of hydrogen-bond donors (Lipinski definition) is 4. The van der Waals surface area contributed by atoms with Gasteiger partial charge in [0, 0.05) is 24.1 Å². The number of aromatic amines is 1. The van der Waals surface area contributed by atoms with Gasteiger partial charge in [0.2, 0.25) is 11.7 Å². The summed E-state index contributed by atoms with van der Waals surface area (Å²) >= 11 is 0. The topological polar surface area (TPSA) is 151 Å². The van der Waals surface area contributed by atoms with E-state index in [0.29, 0.717) is 24.5 Å². The Morgan fingerprint density at radius 3 is 2.56 bits per heavy atom. The van der Waals surface area contributed by atoms with Gasteiger partial charge >= 0.3 is 0 Å². The average molecular weight is 469 g/mol. The predicted octanol–water partition coefficient (Wildman–Crippen LogP) is 2.64. The number of unbranched alkanes of at least 4 members (excludes halogenated alkanes) is 1. The van der Waals surface area contributed by atoms with E-state index < -0.39 is 11.4 Å². The van der Waals surface area contributed by atoms with Crippen molar-refractivity contribution in [3.05, 3.63) is 47.5 Å². The van der Waals surface area contributed by atoms with Crippen molar-refractivity contribution < 1.29 is 14.8 Å². The molecule has 0 radical (unpaired) electrons. The maximum absolute atomic E-state index is 13.3. The van der Waals surface area contributed by atoms with Crippen LogP contribution in [0.15, 0.2) is 30.5 Å². The molecule has 0 saturated carbocycles. The largest absolute Gasteiger partial charge is 0.345 e. The second-order valence-electron chi connectivity index (χ2n) is 8.66. The van der Waals surface area contributed by atoms with E-state index in [-0.39, 0.29) is 12.3 Å². The van der Waals surface area contributed by atoms with Gasteiger partial charge in [-0.15, -0.1) is 10.2 Å². The van der Waals surface area contributed by atoms with Gasteiger partial charge in [-0.05, 0) is 30.5 Å². The SMILES string of the molecule is CCCCc1ncc(C(=O)N[C@](C)(CCC)CC(=O)NO)n1Cc1ccc(-c2nn[nH]n2)cc1. The zero-order chi connectivity index (χ0) is 24.6. The van der Waals surface area contributed by atoms with Crippen molar-refractivity contribution in [3.8, 4) is 11.4 Å². The highest BCUT2D eigenvalue weighted by atomic mass is 16.5. The Bertz CT molecular complexity index is 1080. The molecule has 11 nitrogen and oxygen atoms in total. The third-order valence-electron chi connectivity index (χ3n) is 5.72. The number of imidazole rings is 1. The standard InChI is InChI=1S/C23H32N8O3/c1-4-6-7-19-24-14-18(22(33)25-23(3,12-5-2)13-20(32)28-34)31(19)15-16-8-10-17(11-9-16)21-26-29-30-27-21/h8-11,14,34H,4-7,12-13,15H2,1-3H3,(H,25,33)(H,28,32)(H,26,27,29,30)/t23-/m1/s1. The van der Waals surface area contributed by atoms with E-state index in [1.807, 2.05) is 35.8 Å². The van der Waals surface area contributed by atoms with Crippen LogP contribution in [0.25, 0.3) is 11.4 Å². The van der Waals surface area contributed by atoms with Crippen LogP contribution in [0.2, 0.25) is 0 Å². The van der Waals surface area contributed by atoms with Gasteiger partial charge in [-0.25, -0.2) is 10.5 Å². The van der Waals surface area contributed by atoms with Gasteiger partial charge < -0.3 is 9.88 Å². The maximum atomic E-state index is 13.3. The number of nitrogens with one attached hydrogen (secondary N) is 3. The van der Waals surface area contributed by atoms with Crippen LogP contribution in [-0.4, -0.2) is 52.7 Å². The summed E-state index contributed by atoms with van der Waals surface area (Å²) in [5.41, 5.74) is 3.12. The van der Waals surface area contributed by atoms with E-state index in [0.717, 1.165) is 42.6 Å². The van der Waals surface area contributed by atoms with Crippen LogP contribution >= 0.6 is 0 Å². The molecule has 0 fully saturated rings. The molecule has 3 aromatic rings. The number of carbonyl (C=O) groups excluding carboxylic acids is 2. The predicted molar refractivity (Wildman–Crippen MR) is 125 cm³/mol. The molecule has 182 valence electrons. The Morgan fingerprint density at radius 1 is 1.18 bits per heavy atom. The zero-order valence-electron chi connectivity index (χ0n) is 19.8. The fourth-order valence-corrected chi connectivity index (χ4v) is 4.01. The number of benzene rings is 1. The minimum atomic E-state index is -0.802. The number of hydroxylamine groups is 1. The molecule has 11 heteroatoms. The second-order valence-corrected chi connectivity index (χ2v) is 8.66. The molecule has 0 unspecified atom stereocenters. The molecule has 0 bridgehead atoms. The van der Waals surface area contributed by atoms with Crippen LogP contribution < -0.4 is 10.8 Å². The monoisotopic (exact) mass is 468 g/mol. The number of amides is 2. The third kappa shape index (κ3) is 6.25. The minimum absolute atomic E-state index is 0.0303. The molecule has 2 amide bonds. The first-order valence-electron chi connectivity index (χ1n) is 11.5. The Hall–Kier alpha value is -3.60. The van der Waals surface area contributed by atoms with E-state index in [1.165, 1.54) is 0 Å². The van der Waals surface area contributed by atoms with E-state index >= 15 is 0 Å². The van der Waals surface area contributed by atoms with Crippen LogP contribution in [0.5, 0.6) is 0 Å². The highest BCUT2D eigenvalue weighted by Crippen LogP contribution is 2.20. The summed E-state index contributed by atoms with van der Waals surface area (Å²) in [7, 11) is 0. The number of aromatic nitrogens is 6. The van der Waals surface area contributed by atoms with Gasteiger partial charge in [0.25, 0.3) is 5.91 Å². The summed E-state index contributed by atoms with van der Waals surface area (Å²) in [6.45, 7) is 6.36. The fraction of sp³-hybridized carbons (Fsp3) is 0.478. The molecule has 2 heterocycles. The van der Waals surface area contributed by atoms with E-state index in [1.54, 1.807) is 18.6 Å².